The number of methoxy groups -OCH3 is 1. The van der Waals surface area contributed by atoms with Gasteiger partial charge in [-0.15, -0.1) is 0 Å². The van der Waals surface area contributed by atoms with Crippen LogP contribution in [0.15, 0.2) is 42.5 Å². The summed E-state index contributed by atoms with van der Waals surface area (Å²) in [5, 5.41) is 0.543. The van der Waals surface area contributed by atoms with Gasteiger partial charge in [-0.2, -0.15) is 0 Å². The van der Waals surface area contributed by atoms with Crippen LogP contribution >= 0.6 is 11.6 Å². The fourth-order valence-electron chi connectivity index (χ4n) is 4.04. The van der Waals surface area contributed by atoms with E-state index in [4.69, 9.17) is 30.5 Å². The fraction of sp³-hybridized carbons (Fsp3) is 0.458. The van der Waals surface area contributed by atoms with Crippen LogP contribution < -0.4 is 9.47 Å². The van der Waals surface area contributed by atoms with Gasteiger partial charge in [0, 0.05) is 30.7 Å². The predicted molar refractivity (Wildman–Crippen MR) is 124 cm³/mol. The number of pyridine rings is 1. The molecule has 0 unspecified atom stereocenters. The molecule has 1 aromatic heterocycles. The summed E-state index contributed by atoms with van der Waals surface area (Å²) in [4.78, 5) is 34.1. The number of hydrogen-bond acceptors (Lipinski definition) is 7. The molecule has 2 aliphatic heterocycles. The van der Waals surface area contributed by atoms with Gasteiger partial charge in [0.05, 0.1) is 39.9 Å². The second-order valence-electron chi connectivity index (χ2n) is 8.24. The molecule has 2 aromatic rings. The molecule has 2 amide bonds. The molecule has 9 nitrogen and oxygen atoms in total. The van der Waals surface area contributed by atoms with Gasteiger partial charge in [0.1, 0.15) is 23.7 Å². The minimum absolute atomic E-state index is 0.0631. The third kappa shape index (κ3) is 5.97. The number of morpholine rings is 2. The third-order valence-corrected chi connectivity index (χ3v) is 6.06. The summed E-state index contributed by atoms with van der Waals surface area (Å²) in [6.07, 6.45) is 0.0723. The van der Waals surface area contributed by atoms with Crippen LogP contribution in [0.25, 0.3) is 0 Å². The third-order valence-electron chi connectivity index (χ3n) is 5.82. The number of nitrogens with zero attached hydrogens (tertiary/aromatic N) is 3. The lowest BCUT2D eigenvalue weighted by atomic mass is 9.96. The van der Waals surface area contributed by atoms with Gasteiger partial charge < -0.3 is 28.7 Å². The maximum absolute atomic E-state index is 13.2. The summed E-state index contributed by atoms with van der Waals surface area (Å²) < 4.78 is 22.7. The number of ether oxygens (including phenoxy) is 4. The Bertz CT molecular complexity index is 1020. The van der Waals surface area contributed by atoms with Gasteiger partial charge >= 0.3 is 0 Å². The van der Waals surface area contributed by atoms with Gasteiger partial charge in [-0.05, 0) is 24.3 Å². The first-order valence-corrected chi connectivity index (χ1v) is 11.5. The van der Waals surface area contributed by atoms with E-state index in [1.54, 1.807) is 52.3 Å². The van der Waals surface area contributed by atoms with E-state index in [1.165, 1.54) is 7.11 Å². The van der Waals surface area contributed by atoms with Crippen LogP contribution in [0.5, 0.6) is 11.6 Å². The van der Waals surface area contributed by atoms with E-state index in [1.807, 2.05) is 0 Å². The average Bonchev–Trinajstić information content (AvgIpc) is 2.88. The SMILES string of the molecule is COc1cccc(C(=O)N2CCO[C@@](COc3cccc(Cl)c3)(CC(=O)N3CCOCC3)C2)n1. The Labute approximate surface area is 203 Å². The van der Waals surface area contributed by atoms with Gasteiger partial charge in [-0.1, -0.05) is 23.7 Å². The van der Waals surface area contributed by atoms with E-state index in [-0.39, 0.29) is 43.7 Å². The Morgan fingerprint density at radius 2 is 1.85 bits per heavy atom. The summed E-state index contributed by atoms with van der Waals surface area (Å²) in [7, 11) is 1.50. The molecule has 10 heteroatoms. The van der Waals surface area contributed by atoms with E-state index in [2.05, 4.69) is 4.98 Å². The van der Waals surface area contributed by atoms with E-state index in [0.29, 0.717) is 49.5 Å². The van der Waals surface area contributed by atoms with Gasteiger partial charge in [-0.3, -0.25) is 9.59 Å². The van der Waals surface area contributed by atoms with Crippen molar-refractivity contribution >= 4 is 23.4 Å². The first-order chi connectivity index (χ1) is 16.5. The zero-order chi connectivity index (χ0) is 24.0. The van der Waals surface area contributed by atoms with Gasteiger partial charge in [0.15, 0.2) is 0 Å². The van der Waals surface area contributed by atoms with Crippen LogP contribution in [-0.2, 0) is 14.3 Å². The van der Waals surface area contributed by atoms with Gasteiger partial charge in [0.2, 0.25) is 11.8 Å². The van der Waals surface area contributed by atoms with Crippen molar-refractivity contribution in [3.63, 3.8) is 0 Å². The lowest BCUT2D eigenvalue weighted by Gasteiger charge is -2.43. The zero-order valence-corrected chi connectivity index (χ0v) is 19.8. The monoisotopic (exact) mass is 489 g/mol. The number of aromatic nitrogens is 1. The Morgan fingerprint density at radius 3 is 2.62 bits per heavy atom. The lowest BCUT2D eigenvalue weighted by Crippen LogP contribution is -2.58. The van der Waals surface area contributed by atoms with Crippen molar-refractivity contribution in [2.24, 2.45) is 0 Å². The molecule has 0 bridgehead atoms. The van der Waals surface area contributed by atoms with Crippen molar-refractivity contribution < 1.29 is 28.5 Å². The van der Waals surface area contributed by atoms with Gasteiger partial charge in [0.25, 0.3) is 5.91 Å². The zero-order valence-electron chi connectivity index (χ0n) is 19.1. The van der Waals surface area contributed by atoms with Crippen LogP contribution in [0.1, 0.15) is 16.9 Å². The first-order valence-electron chi connectivity index (χ1n) is 11.2. The number of halogens is 1. The van der Waals surface area contributed by atoms with Crippen molar-refractivity contribution in [1.82, 2.24) is 14.8 Å². The van der Waals surface area contributed by atoms with Crippen molar-refractivity contribution in [3.8, 4) is 11.6 Å². The van der Waals surface area contributed by atoms with Crippen molar-refractivity contribution in [3.05, 3.63) is 53.2 Å². The molecular formula is C24H28ClN3O6. The molecule has 1 aromatic carbocycles. The van der Waals surface area contributed by atoms with E-state index in [0.717, 1.165) is 0 Å². The van der Waals surface area contributed by atoms with Crippen LogP contribution in [0.3, 0.4) is 0 Å². The minimum atomic E-state index is -1.02. The first kappa shape index (κ1) is 24.3. The number of carbonyl (C=O) groups excluding carboxylic acids is 2. The molecule has 0 saturated carbocycles. The van der Waals surface area contributed by atoms with Crippen molar-refractivity contribution in [1.29, 1.82) is 0 Å². The summed E-state index contributed by atoms with van der Waals surface area (Å²) in [5.41, 5.74) is -0.754. The number of amides is 2. The molecule has 3 heterocycles. The maximum Gasteiger partial charge on any atom is 0.272 e. The van der Waals surface area contributed by atoms with E-state index >= 15 is 0 Å². The number of benzene rings is 1. The molecule has 34 heavy (non-hydrogen) atoms. The highest BCUT2D eigenvalue weighted by Crippen LogP contribution is 2.27. The Kier molecular flexibility index (Phi) is 7.87. The fourth-order valence-corrected chi connectivity index (χ4v) is 4.23. The molecular weight excluding hydrogens is 462 g/mol. The Balaban J connectivity index is 1.54. The summed E-state index contributed by atoms with van der Waals surface area (Å²) in [6, 6.07) is 12.1. The van der Waals surface area contributed by atoms with E-state index in [9.17, 15) is 9.59 Å². The topological polar surface area (TPSA) is 90.4 Å². The highest BCUT2D eigenvalue weighted by atomic mass is 35.5. The standard InChI is InChI=1S/C24H28ClN3O6/c1-31-21-7-3-6-20(26-21)23(30)28-10-13-34-24(16-28,15-22(29)27-8-11-32-12-9-27)17-33-19-5-2-4-18(25)14-19/h2-7,14H,8-13,15-17H2,1H3/t24-/m0/s1. The molecule has 1 atom stereocenters. The lowest BCUT2D eigenvalue weighted by molar-refractivity contribution is -0.155. The number of rotatable bonds is 7. The molecule has 0 aliphatic carbocycles. The number of hydrogen-bond donors (Lipinski definition) is 0. The molecule has 2 fully saturated rings. The quantitative estimate of drug-likeness (QED) is 0.589. The van der Waals surface area contributed by atoms with Crippen molar-refractivity contribution in [2.45, 2.75) is 12.0 Å². The normalized spacial score (nSPS) is 20.6. The molecule has 2 aliphatic rings. The summed E-state index contributed by atoms with van der Waals surface area (Å²) >= 11 is 6.09. The largest absolute Gasteiger partial charge is 0.490 e. The Morgan fingerprint density at radius 1 is 1.09 bits per heavy atom. The predicted octanol–water partition coefficient (Wildman–Crippen LogP) is 2.28. The highest BCUT2D eigenvalue weighted by Gasteiger charge is 2.42. The summed E-state index contributed by atoms with van der Waals surface area (Å²) in [5.74, 6) is 0.601. The van der Waals surface area contributed by atoms with Crippen molar-refractivity contribution in [2.75, 3.05) is 59.7 Å². The summed E-state index contributed by atoms with van der Waals surface area (Å²) in [6.45, 7) is 2.98. The number of carbonyl (C=O) groups is 2. The molecule has 0 N–H and O–H groups in total. The van der Waals surface area contributed by atoms with E-state index < -0.39 is 5.60 Å². The average molecular weight is 490 g/mol. The highest BCUT2D eigenvalue weighted by molar-refractivity contribution is 6.30. The second-order valence-corrected chi connectivity index (χ2v) is 8.68. The smallest absolute Gasteiger partial charge is 0.272 e. The van der Waals surface area contributed by atoms with Crippen LogP contribution in [-0.4, -0.2) is 91.9 Å². The van der Waals surface area contributed by atoms with Crippen LogP contribution in [0.4, 0.5) is 0 Å². The van der Waals surface area contributed by atoms with Crippen LogP contribution in [0, 0.1) is 0 Å². The molecule has 0 spiro atoms. The maximum atomic E-state index is 13.2. The Hall–Kier alpha value is -2.88. The molecule has 2 saturated heterocycles. The minimum Gasteiger partial charge on any atom is -0.490 e. The molecule has 182 valence electrons. The van der Waals surface area contributed by atoms with Gasteiger partial charge in [-0.25, -0.2) is 4.98 Å². The van der Waals surface area contributed by atoms with Crippen LogP contribution in [0.2, 0.25) is 5.02 Å². The molecule has 4 rings (SSSR count). The molecule has 0 radical (unpaired) electrons. The second kappa shape index (κ2) is 11.0.